The van der Waals surface area contributed by atoms with Crippen molar-refractivity contribution in [3.63, 3.8) is 0 Å². The minimum atomic E-state index is -0.226. The van der Waals surface area contributed by atoms with Crippen molar-refractivity contribution >= 4 is 22.6 Å². The first-order chi connectivity index (χ1) is 16.1. The lowest BCUT2D eigenvalue weighted by atomic mass is 9.99. The molecule has 4 rings (SSSR count). The lowest BCUT2D eigenvalue weighted by Gasteiger charge is -2.29. The number of carbonyl (C=O) groups excluding carboxylic acids is 1. The number of fused-ring (bicyclic) bond motifs is 1. The number of ether oxygens (including phenoxy) is 2. The van der Waals surface area contributed by atoms with Gasteiger partial charge < -0.3 is 19.4 Å². The number of methoxy groups -OCH3 is 1. The molecule has 176 valence electrons. The molecule has 2 heterocycles. The minimum absolute atomic E-state index is 0.0959. The van der Waals surface area contributed by atoms with E-state index in [1.165, 1.54) is 12.8 Å². The summed E-state index contributed by atoms with van der Waals surface area (Å²) >= 11 is 0. The van der Waals surface area contributed by atoms with Gasteiger partial charge >= 0.3 is 0 Å². The maximum absolute atomic E-state index is 12.5. The van der Waals surface area contributed by atoms with E-state index in [2.05, 4.69) is 34.7 Å². The number of para-hydroxylation sites is 2. The second-order valence-corrected chi connectivity index (χ2v) is 8.83. The first-order valence-corrected chi connectivity index (χ1v) is 11.8. The van der Waals surface area contributed by atoms with Crippen molar-refractivity contribution in [1.82, 2.24) is 14.5 Å². The molecular formula is C26H34N4O3. The number of aromatic nitrogens is 2. The summed E-state index contributed by atoms with van der Waals surface area (Å²) in [6.45, 7) is 8.50. The zero-order valence-electron chi connectivity index (χ0n) is 19.8. The molecule has 1 fully saturated rings. The maximum atomic E-state index is 12.5. The zero-order chi connectivity index (χ0) is 23.2. The minimum Gasteiger partial charge on any atom is -0.493 e. The summed E-state index contributed by atoms with van der Waals surface area (Å²) in [5.41, 5.74) is 2.74. The van der Waals surface area contributed by atoms with Crippen molar-refractivity contribution in [2.24, 2.45) is 5.92 Å². The van der Waals surface area contributed by atoms with Crippen molar-refractivity contribution in [1.29, 1.82) is 0 Å². The van der Waals surface area contributed by atoms with Crippen molar-refractivity contribution in [2.45, 2.75) is 46.2 Å². The standard InChI is InChI=1S/C26H34N4O3/c1-4-13-30-22-10-9-20(27-26(31)18-33-24-8-6-5-7-23(24)32-3)16-21(22)28-25(30)17-29-14-11-19(2)12-15-29/h5-10,16,19H,4,11-15,17-18H2,1-3H3,(H,27,31). The molecule has 1 aromatic heterocycles. The average molecular weight is 451 g/mol. The van der Waals surface area contributed by atoms with Gasteiger partial charge in [-0.15, -0.1) is 0 Å². The number of carbonyl (C=O) groups is 1. The molecule has 33 heavy (non-hydrogen) atoms. The third-order valence-electron chi connectivity index (χ3n) is 6.23. The molecule has 0 bridgehead atoms. The van der Waals surface area contributed by atoms with Crippen LogP contribution in [-0.4, -0.2) is 47.2 Å². The Kier molecular flexibility index (Phi) is 7.50. The maximum Gasteiger partial charge on any atom is 0.262 e. The quantitative estimate of drug-likeness (QED) is 0.512. The number of amides is 1. The fraction of sp³-hybridized carbons (Fsp3) is 0.462. The molecule has 3 aromatic rings. The van der Waals surface area contributed by atoms with E-state index in [1.54, 1.807) is 19.2 Å². The van der Waals surface area contributed by atoms with Crippen LogP contribution in [0.2, 0.25) is 0 Å². The predicted molar refractivity (Wildman–Crippen MR) is 131 cm³/mol. The van der Waals surface area contributed by atoms with Gasteiger partial charge in [-0.25, -0.2) is 4.98 Å². The summed E-state index contributed by atoms with van der Waals surface area (Å²) in [5, 5.41) is 2.92. The van der Waals surface area contributed by atoms with Crippen LogP contribution in [0.15, 0.2) is 42.5 Å². The number of imidazole rings is 1. The van der Waals surface area contributed by atoms with Crippen LogP contribution < -0.4 is 14.8 Å². The van der Waals surface area contributed by atoms with Crippen LogP contribution >= 0.6 is 0 Å². The molecular weight excluding hydrogens is 416 g/mol. The van der Waals surface area contributed by atoms with Crippen LogP contribution in [0, 0.1) is 5.92 Å². The van der Waals surface area contributed by atoms with Gasteiger partial charge in [0, 0.05) is 12.2 Å². The summed E-state index contributed by atoms with van der Waals surface area (Å²) in [6, 6.07) is 13.2. The third-order valence-corrected chi connectivity index (χ3v) is 6.23. The highest BCUT2D eigenvalue weighted by atomic mass is 16.5. The van der Waals surface area contributed by atoms with Crippen LogP contribution in [0.25, 0.3) is 11.0 Å². The number of benzene rings is 2. The van der Waals surface area contributed by atoms with Gasteiger partial charge in [0.05, 0.1) is 24.7 Å². The van der Waals surface area contributed by atoms with Gasteiger partial charge in [-0.05, 0) is 68.6 Å². The highest BCUT2D eigenvalue weighted by Crippen LogP contribution is 2.26. The van der Waals surface area contributed by atoms with Crippen LogP contribution in [0.4, 0.5) is 5.69 Å². The Morgan fingerprint density at radius 2 is 1.91 bits per heavy atom. The number of nitrogens with zero attached hydrogens (tertiary/aromatic N) is 3. The first kappa shape index (κ1) is 23.1. The Balaban J connectivity index is 1.45. The number of rotatable bonds is 9. The van der Waals surface area contributed by atoms with Crippen molar-refractivity contribution in [3.8, 4) is 11.5 Å². The van der Waals surface area contributed by atoms with E-state index in [1.807, 2.05) is 24.3 Å². The molecule has 0 radical (unpaired) electrons. The smallest absolute Gasteiger partial charge is 0.262 e. The van der Waals surface area contributed by atoms with E-state index in [4.69, 9.17) is 14.5 Å². The number of piperidine rings is 1. The van der Waals surface area contributed by atoms with Gasteiger partial charge in [0.2, 0.25) is 0 Å². The van der Waals surface area contributed by atoms with Crippen molar-refractivity contribution in [2.75, 3.05) is 32.1 Å². The Labute approximate surface area is 195 Å². The van der Waals surface area contributed by atoms with Gasteiger partial charge in [0.1, 0.15) is 5.82 Å². The van der Waals surface area contributed by atoms with Crippen LogP contribution in [0.1, 0.15) is 38.9 Å². The largest absolute Gasteiger partial charge is 0.493 e. The van der Waals surface area contributed by atoms with Crippen molar-refractivity contribution < 1.29 is 14.3 Å². The molecule has 2 aromatic carbocycles. The van der Waals surface area contributed by atoms with Crippen molar-refractivity contribution in [3.05, 3.63) is 48.3 Å². The fourth-order valence-electron chi connectivity index (χ4n) is 4.35. The molecule has 0 aliphatic carbocycles. The number of aryl methyl sites for hydroxylation is 1. The molecule has 1 aliphatic rings. The lowest BCUT2D eigenvalue weighted by molar-refractivity contribution is -0.118. The highest BCUT2D eigenvalue weighted by Gasteiger charge is 2.19. The molecule has 0 saturated carbocycles. The normalized spacial score (nSPS) is 15.0. The van der Waals surface area contributed by atoms with Gasteiger partial charge in [0.25, 0.3) is 5.91 Å². The second-order valence-electron chi connectivity index (χ2n) is 8.83. The molecule has 0 unspecified atom stereocenters. The molecule has 0 spiro atoms. The first-order valence-electron chi connectivity index (χ1n) is 11.8. The van der Waals surface area contributed by atoms with Gasteiger partial charge in [-0.3, -0.25) is 9.69 Å². The summed E-state index contributed by atoms with van der Waals surface area (Å²) in [6.07, 6.45) is 3.55. The summed E-state index contributed by atoms with van der Waals surface area (Å²) in [5.74, 6) is 2.83. The van der Waals surface area contributed by atoms with Gasteiger partial charge in [0.15, 0.2) is 18.1 Å². The topological polar surface area (TPSA) is 68.6 Å². The molecule has 1 N–H and O–H groups in total. The zero-order valence-corrected chi connectivity index (χ0v) is 19.8. The molecule has 1 aliphatic heterocycles. The van der Waals surface area contributed by atoms with Gasteiger partial charge in [-0.2, -0.15) is 0 Å². The number of likely N-dealkylation sites (tertiary alicyclic amines) is 1. The molecule has 7 heteroatoms. The van der Waals surface area contributed by atoms with Crippen LogP contribution in [0.3, 0.4) is 0 Å². The average Bonchev–Trinajstić information content (AvgIpc) is 3.15. The Morgan fingerprint density at radius 1 is 1.15 bits per heavy atom. The van der Waals surface area contributed by atoms with E-state index in [9.17, 15) is 4.79 Å². The number of nitrogens with one attached hydrogen (secondary N) is 1. The van der Waals surface area contributed by atoms with Crippen LogP contribution in [-0.2, 0) is 17.9 Å². The Morgan fingerprint density at radius 3 is 2.64 bits per heavy atom. The Bertz CT molecular complexity index is 1090. The van der Waals surface area contributed by atoms with Gasteiger partial charge in [-0.1, -0.05) is 26.0 Å². The second kappa shape index (κ2) is 10.7. The van der Waals surface area contributed by atoms with E-state index in [0.717, 1.165) is 61.1 Å². The number of hydrogen-bond donors (Lipinski definition) is 1. The number of hydrogen-bond acceptors (Lipinski definition) is 5. The summed E-state index contributed by atoms with van der Waals surface area (Å²) in [7, 11) is 1.58. The monoisotopic (exact) mass is 450 g/mol. The lowest BCUT2D eigenvalue weighted by Crippen LogP contribution is -2.33. The van der Waals surface area contributed by atoms with E-state index in [0.29, 0.717) is 11.5 Å². The predicted octanol–water partition coefficient (Wildman–Crippen LogP) is 4.70. The molecule has 1 saturated heterocycles. The number of anilines is 1. The summed E-state index contributed by atoms with van der Waals surface area (Å²) in [4.78, 5) is 19.9. The fourth-order valence-corrected chi connectivity index (χ4v) is 4.35. The van der Waals surface area contributed by atoms with E-state index < -0.39 is 0 Å². The summed E-state index contributed by atoms with van der Waals surface area (Å²) < 4.78 is 13.2. The van der Waals surface area contributed by atoms with Crippen LogP contribution in [0.5, 0.6) is 11.5 Å². The third kappa shape index (κ3) is 5.66. The van der Waals surface area contributed by atoms with E-state index >= 15 is 0 Å². The SMILES string of the molecule is CCCn1c(CN2CCC(C)CC2)nc2cc(NC(=O)COc3ccccc3OC)ccc21. The highest BCUT2D eigenvalue weighted by molar-refractivity contribution is 5.94. The Hall–Kier alpha value is -3.06. The van der Waals surface area contributed by atoms with E-state index in [-0.39, 0.29) is 12.5 Å². The molecule has 7 nitrogen and oxygen atoms in total. The molecule has 0 atom stereocenters. The molecule has 1 amide bonds.